The normalized spacial score (nSPS) is 11.5. The van der Waals surface area contributed by atoms with E-state index in [1.54, 1.807) is 12.1 Å². The van der Waals surface area contributed by atoms with E-state index in [0.717, 1.165) is 5.75 Å². The topological polar surface area (TPSA) is 97.6 Å². The number of carbonyl (C=O) groups is 1. The number of furan rings is 1. The third-order valence-corrected chi connectivity index (χ3v) is 6.06. The number of sulfonamides is 1. The SMILES string of the molecule is CC(C)c1ccc(OCCNC(=O)c2ccc(S(=O)(=O)NCc3ccco3)cc2)cc1. The molecule has 3 aromatic rings. The van der Waals surface area contributed by atoms with Gasteiger partial charge in [-0.1, -0.05) is 26.0 Å². The van der Waals surface area contributed by atoms with Crippen LogP contribution in [0.5, 0.6) is 5.75 Å². The Morgan fingerprint density at radius 1 is 1.03 bits per heavy atom. The molecule has 0 unspecified atom stereocenters. The molecule has 0 saturated heterocycles. The lowest BCUT2D eigenvalue weighted by Gasteiger charge is -2.10. The molecule has 7 nitrogen and oxygen atoms in total. The van der Waals surface area contributed by atoms with Crippen LogP contribution >= 0.6 is 0 Å². The molecule has 3 rings (SSSR count). The van der Waals surface area contributed by atoms with E-state index < -0.39 is 10.0 Å². The molecule has 0 saturated carbocycles. The molecule has 0 aliphatic carbocycles. The first-order valence-corrected chi connectivity index (χ1v) is 11.5. The van der Waals surface area contributed by atoms with Crippen LogP contribution in [0.4, 0.5) is 0 Å². The molecular formula is C23H26N2O5S. The average molecular weight is 443 g/mol. The Kier molecular flexibility index (Phi) is 7.49. The van der Waals surface area contributed by atoms with Gasteiger partial charge < -0.3 is 14.5 Å². The Hall–Kier alpha value is -3.10. The van der Waals surface area contributed by atoms with Gasteiger partial charge in [0, 0.05) is 5.56 Å². The van der Waals surface area contributed by atoms with E-state index in [4.69, 9.17) is 9.15 Å². The predicted octanol–water partition coefficient (Wildman–Crippen LogP) is 3.69. The van der Waals surface area contributed by atoms with E-state index in [-0.39, 0.29) is 17.3 Å². The molecule has 1 amide bonds. The van der Waals surface area contributed by atoms with Gasteiger partial charge in [0.05, 0.1) is 24.2 Å². The van der Waals surface area contributed by atoms with E-state index in [0.29, 0.717) is 30.4 Å². The Labute approximate surface area is 182 Å². The fourth-order valence-corrected chi connectivity index (χ4v) is 3.83. The quantitative estimate of drug-likeness (QED) is 0.467. The van der Waals surface area contributed by atoms with Crippen molar-refractivity contribution in [3.05, 3.63) is 83.8 Å². The van der Waals surface area contributed by atoms with Gasteiger partial charge in [-0.25, -0.2) is 13.1 Å². The zero-order chi connectivity index (χ0) is 22.3. The van der Waals surface area contributed by atoms with Crippen molar-refractivity contribution in [3.63, 3.8) is 0 Å². The van der Waals surface area contributed by atoms with Gasteiger partial charge in [-0.05, 0) is 60.0 Å². The molecule has 2 N–H and O–H groups in total. The fourth-order valence-electron chi connectivity index (χ4n) is 2.83. The number of carbonyl (C=O) groups excluding carboxylic acids is 1. The van der Waals surface area contributed by atoms with E-state index in [1.165, 1.54) is 36.1 Å². The number of rotatable bonds is 10. The highest BCUT2D eigenvalue weighted by molar-refractivity contribution is 7.89. The Morgan fingerprint density at radius 3 is 2.35 bits per heavy atom. The summed E-state index contributed by atoms with van der Waals surface area (Å²) < 4.78 is 37.9. The van der Waals surface area contributed by atoms with Crippen LogP contribution < -0.4 is 14.8 Å². The largest absolute Gasteiger partial charge is 0.492 e. The predicted molar refractivity (Wildman–Crippen MR) is 118 cm³/mol. The van der Waals surface area contributed by atoms with Crippen molar-refractivity contribution in [1.29, 1.82) is 0 Å². The highest BCUT2D eigenvalue weighted by atomic mass is 32.2. The number of nitrogens with one attached hydrogen (secondary N) is 2. The molecular weight excluding hydrogens is 416 g/mol. The summed E-state index contributed by atoms with van der Waals surface area (Å²) in [5, 5.41) is 2.76. The molecule has 0 spiro atoms. The van der Waals surface area contributed by atoms with Crippen LogP contribution in [0.15, 0.2) is 76.2 Å². The third kappa shape index (κ3) is 6.44. The van der Waals surface area contributed by atoms with Gasteiger partial charge in [0.2, 0.25) is 10.0 Å². The number of ether oxygens (including phenoxy) is 1. The van der Waals surface area contributed by atoms with Crippen LogP contribution in [0.2, 0.25) is 0 Å². The van der Waals surface area contributed by atoms with Crippen LogP contribution in [-0.4, -0.2) is 27.5 Å². The summed E-state index contributed by atoms with van der Waals surface area (Å²) in [7, 11) is -3.70. The maximum atomic E-state index is 12.3. The van der Waals surface area contributed by atoms with Crippen molar-refractivity contribution in [2.75, 3.05) is 13.2 Å². The highest BCUT2D eigenvalue weighted by Crippen LogP contribution is 2.18. The molecule has 1 aromatic heterocycles. The van der Waals surface area contributed by atoms with Crippen LogP contribution in [0.25, 0.3) is 0 Å². The molecule has 0 bridgehead atoms. The summed E-state index contributed by atoms with van der Waals surface area (Å²) in [5.74, 6) is 1.42. The zero-order valence-corrected chi connectivity index (χ0v) is 18.3. The molecule has 0 fully saturated rings. The van der Waals surface area contributed by atoms with Crippen molar-refractivity contribution >= 4 is 15.9 Å². The number of hydrogen-bond acceptors (Lipinski definition) is 5. The molecule has 0 aliphatic heterocycles. The lowest BCUT2D eigenvalue weighted by atomic mass is 10.0. The van der Waals surface area contributed by atoms with Crippen molar-refractivity contribution in [1.82, 2.24) is 10.0 Å². The first-order valence-electron chi connectivity index (χ1n) is 9.98. The molecule has 0 radical (unpaired) electrons. The van der Waals surface area contributed by atoms with Crippen molar-refractivity contribution in [2.45, 2.75) is 31.2 Å². The smallest absolute Gasteiger partial charge is 0.251 e. The summed E-state index contributed by atoms with van der Waals surface area (Å²) in [6, 6.07) is 17.0. The molecule has 1 heterocycles. The molecule has 8 heteroatoms. The first-order chi connectivity index (χ1) is 14.8. The fraction of sp³-hybridized carbons (Fsp3) is 0.261. The molecule has 164 valence electrons. The van der Waals surface area contributed by atoms with Crippen LogP contribution in [-0.2, 0) is 16.6 Å². The van der Waals surface area contributed by atoms with Crippen LogP contribution in [0.3, 0.4) is 0 Å². The number of benzene rings is 2. The van der Waals surface area contributed by atoms with Gasteiger partial charge in [0.15, 0.2) is 0 Å². The summed E-state index contributed by atoms with van der Waals surface area (Å²) in [4.78, 5) is 12.3. The molecule has 31 heavy (non-hydrogen) atoms. The average Bonchev–Trinajstić information content (AvgIpc) is 3.29. The second kappa shape index (κ2) is 10.3. The lowest BCUT2D eigenvalue weighted by Crippen LogP contribution is -2.28. The Bertz CT molecular complexity index is 1070. The molecule has 0 atom stereocenters. The van der Waals surface area contributed by atoms with E-state index in [9.17, 15) is 13.2 Å². The zero-order valence-electron chi connectivity index (χ0n) is 17.5. The second-order valence-corrected chi connectivity index (χ2v) is 9.02. The van der Waals surface area contributed by atoms with Gasteiger partial charge in [0.1, 0.15) is 18.1 Å². The number of amides is 1. The summed E-state index contributed by atoms with van der Waals surface area (Å²) in [5.41, 5.74) is 1.61. The van der Waals surface area contributed by atoms with Gasteiger partial charge in [-0.2, -0.15) is 0 Å². The van der Waals surface area contributed by atoms with E-state index in [2.05, 4.69) is 23.9 Å². The Balaban J connectivity index is 1.46. The minimum Gasteiger partial charge on any atom is -0.492 e. The maximum absolute atomic E-state index is 12.3. The maximum Gasteiger partial charge on any atom is 0.251 e. The minimum atomic E-state index is -3.70. The lowest BCUT2D eigenvalue weighted by molar-refractivity contribution is 0.0947. The monoisotopic (exact) mass is 442 g/mol. The van der Waals surface area contributed by atoms with Crippen molar-refractivity contribution in [2.24, 2.45) is 0 Å². The molecule has 2 aromatic carbocycles. The van der Waals surface area contributed by atoms with Crippen molar-refractivity contribution in [3.8, 4) is 5.75 Å². The van der Waals surface area contributed by atoms with Gasteiger partial charge in [0.25, 0.3) is 5.91 Å². The summed E-state index contributed by atoms with van der Waals surface area (Å²) >= 11 is 0. The first kappa shape index (κ1) is 22.6. The van der Waals surface area contributed by atoms with Crippen LogP contribution in [0, 0.1) is 0 Å². The second-order valence-electron chi connectivity index (χ2n) is 7.26. The third-order valence-electron chi connectivity index (χ3n) is 4.65. The van der Waals surface area contributed by atoms with Gasteiger partial charge in [-0.3, -0.25) is 4.79 Å². The van der Waals surface area contributed by atoms with Gasteiger partial charge in [-0.15, -0.1) is 0 Å². The standard InChI is InChI=1S/C23H26N2O5S/c1-17(2)18-5-9-20(10-6-18)30-15-13-24-23(26)19-7-11-22(12-8-19)31(27,28)25-16-21-4-3-14-29-21/h3-12,14,17,25H,13,15-16H2,1-2H3,(H,24,26). The Morgan fingerprint density at radius 2 is 1.74 bits per heavy atom. The minimum absolute atomic E-state index is 0.0533. The molecule has 0 aliphatic rings. The van der Waals surface area contributed by atoms with Crippen LogP contribution in [0.1, 0.15) is 41.4 Å². The highest BCUT2D eigenvalue weighted by Gasteiger charge is 2.15. The van der Waals surface area contributed by atoms with Gasteiger partial charge >= 0.3 is 0 Å². The van der Waals surface area contributed by atoms with E-state index >= 15 is 0 Å². The number of hydrogen-bond donors (Lipinski definition) is 2. The van der Waals surface area contributed by atoms with Crippen molar-refractivity contribution < 1.29 is 22.4 Å². The summed E-state index contributed by atoms with van der Waals surface area (Å²) in [6.45, 7) is 4.97. The summed E-state index contributed by atoms with van der Waals surface area (Å²) in [6.07, 6.45) is 1.48. The van der Waals surface area contributed by atoms with E-state index in [1.807, 2.05) is 24.3 Å².